The third-order valence-corrected chi connectivity index (χ3v) is 5.97. The van der Waals surface area contributed by atoms with E-state index in [4.69, 9.17) is 0 Å². The summed E-state index contributed by atoms with van der Waals surface area (Å²) in [5, 5.41) is 9.51. The zero-order valence-electron chi connectivity index (χ0n) is 12.5. The van der Waals surface area contributed by atoms with E-state index in [1.54, 1.807) is 16.7 Å². The van der Waals surface area contributed by atoms with E-state index >= 15 is 0 Å². The molecule has 0 spiro atoms. The Morgan fingerprint density at radius 2 is 2.00 bits per heavy atom. The highest BCUT2D eigenvalue weighted by Crippen LogP contribution is 2.46. The number of hydrogen-bond donors (Lipinski definition) is 1. The Morgan fingerprint density at radius 1 is 1.29 bits per heavy atom. The second-order valence-corrected chi connectivity index (χ2v) is 7.64. The zero-order chi connectivity index (χ0) is 15.0. The molecule has 3 aliphatic rings. The Bertz CT molecular complexity index is 423. The number of carboxylic acids is 1. The highest BCUT2D eigenvalue weighted by molar-refractivity contribution is 8.00. The van der Waals surface area contributed by atoms with E-state index in [1.165, 1.54) is 12.8 Å². The molecule has 0 bridgehead atoms. The molecule has 2 amide bonds. The lowest BCUT2D eigenvalue weighted by molar-refractivity contribution is -0.141. The maximum atomic E-state index is 12.9. The van der Waals surface area contributed by atoms with Gasteiger partial charge >= 0.3 is 12.0 Å². The molecule has 1 saturated heterocycles. The van der Waals surface area contributed by atoms with E-state index < -0.39 is 12.0 Å². The Hall–Kier alpha value is -0.910. The number of carbonyl (C=O) groups excluding carboxylic acids is 1. The normalized spacial score (nSPS) is 28.7. The van der Waals surface area contributed by atoms with Gasteiger partial charge < -0.3 is 10.0 Å². The van der Waals surface area contributed by atoms with Gasteiger partial charge in [0.1, 0.15) is 6.04 Å². The van der Waals surface area contributed by atoms with Crippen LogP contribution in [0, 0.1) is 11.8 Å². The highest BCUT2D eigenvalue weighted by atomic mass is 32.2. The number of aliphatic carboxylic acids is 1. The Kier molecular flexibility index (Phi) is 4.33. The van der Waals surface area contributed by atoms with Gasteiger partial charge in [-0.05, 0) is 43.9 Å². The first-order valence-electron chi connectivity index (χ1n) is 8.03. The van der Waals surface area contributed by atoms with Gasteiger partial charge in [-0.15, -0.1) is 11.8 Å². The van der Waals surface area contributed by atoms with E-state index in [2.05, 4.69) is 6.92 Å². The number of urea groups is 1. The van der Waals surface area contributed by atoms with Crippen LogP contribution in [0.1, 0.15) is 39.0 Å². The smallest absolute Gasteiger partial charge is 0.327 e. The lowest BCUT2D eigenvalue weighted by atomic mass is 10.2. The number of carbonyl (C=O) groups is 2. The van der Waals surface area contributed by atoms with Crippen LogP contribution in [0.4, 0.5) is 4.79 Å². The number of carboxylic acid groups (broad SMARTS) is 1. The summed E-state index contributed by atoms with van der Waals surface area (Å²) < 4.78 is 0. The van der Waals surface area contributed by atoms with Gasteiger partial charge in [0.2, 0.25) is 0 Å². The molecule has 1 heterocycles. The monoisotopic (exact) mass is 312 g/mol. The first-order chi connectivity index (χ1) is 10.1. The average molecular weight is 312 g/mol. The first-order valence-corrected chi connectivity index (χ1v) is 9.08. The molecule has 118 valence electrons. The molecule has 2 aliphatic carbocycles. The van der Waals surface area contributed by atoms with Crippen molar-refractivity contribution in [2.45, 2.75) is 50.4 Å². The predicted molar refractivity (Wildman–Crippen MR) is 82.2 cm³/mol. The molecule has 0 aromatic carbocycles. The van der Waals surface area contributed by atoms with Gasteiger partial charge in [-0.3, -0.25) is 4.90 Å². The summed E-state index contributed by atoms with van der Waals surface area (Å²) in [5.74, 6) is 0.819. The molecule has 6 heteroatoms. The highest BCUT2D eigenvalue weighted by Gasteiger charge is 2.49. The van der Waals surface area contributed by atoms with Crippen LogP contribution in [0.3, 0.4) is 0 Å². The van der Waals surface area contributed by atoms with E-state index in [9.17, 15) is 14.7 Å². The lowest BCUT2D eigenvalue weighted by Crippen LogP contribution is -2.52. The van der Waals surface area contributed by atoms with Crippen molar-refractivity contribution in [1.82, 2.24) is 9.80 Å². The standard InChI is InChI=1S/C15H24N2O3S/c1-2-7-16(8-10-3-4-10)15(20)17-12(14(18)19)9-21-13(17)11-5-6-11/h10-13H,2-9H2,1H3,(H,18,19). The van der Waals surface area contributed by atoms with Crippen LogP contribution in [0.25, 0.3) is 0 Å². The number of thioether (sulfide) groups is 1. The fourth-order valence-corrected chi connectivity index (χ4v) is 4.64. The van der Waals surface area contributed by atoms with Crippen molar-refractivity contribution in [3.63, 3.8) is 0 Å². The molecule has 3 fully saturated rings. The topological polar surface area (TPSA) is 60.9 Å². The van der Waals surface area contributed by atoms with Crippen molar-refractivity contribution in [2.75, 3.05) is 18.8 Å². The molecule has 3 rings (SSSR count). The summed E-state index contributed by atoms with van der Waals surface area (Å²) in [6, 6.07) is -0.690. The van der Waals surface area contributed by atoms with Gasteiger partial charge in [0.25, 0.3) is 0 Å². The van der Waals surface area contributed by atoms with E-state index in [0.717, 1.165) is 32.4 Å². The van der Waals surface area contributed by atoms with E-state index in [1.807, 2.05) is 4.90 Å². The molecule has 2 saturated carbocycles. The van der Waals surface area contributed by atoms with Gasteiger partial charge in [0.05, 0.1) is 5.37 Å². The molecular weight excluding hydrogens is 288 g/mol. The first kappa shape index (κ1) is 15.0. The largest absolute Gasteiger partial charge is 0.480 e. The van der Waals surface area contributed by atoms with E-state index in [-0.39, 0.29) is 11.4 Å². The predicted octanol–water partition coefficient (Wildman–Crippen LogP) is 2.47. The van der Waals surface area contributed by atoms with Crippen molar-refractivity contribution in [3.05, 3.63) is 0 Å². The maximum Gasteiger partial charge on any atom is 0.327 e. The third-order valence-electron chi connectivity index (χ3n) is 4.51. The van der Waals surface area contributed by atoms with Gasteiger partial charge in [-0.25, -0.2) is 9.59 Å². The summed E-state index contributed by atoms with van der Waals surface area (Å²) in [5.41, 5.74) is 0. The second kappa shape index (κ2) is 6.07. The minimum absolute atomic E-state index is 0.0435. The summed E-state index contributed by atoms with van der Waals surface area (Å²) >= 11 is 1.65. The van der Waals surface area contributed by atoms with Gasteiger partial charge in [0.15, 0.2) is 0 Å². The second-order valence-electron chi connectivity index (χ2n) is 6.49. The van der Waals surface area contributed by atoms with Crippen molar-refractivity contribution >= 4 is 23.8 Å². The molecular formula is C15H24N2O3S. The van der Waals surface area contributed by atoms with Crippen LogP contribution in [-0.2, 0) is 4.79 Å². The van der Waals surface area contributed by atoms with Crippen LogP contribution in [0.15, 0.2) is 0 Å². The van der Waals surface area contributed by atoms with Crippen LogP contribution < -0.4 is 0 Å². The fraction of sp³-hybridized carbons (Fsp3) is 0.867. The third kappa shape index (κ3) is 3.30. The molecule has 0 aromatic rings. The summed E-state index contributed by atoms with van der Waals surface area (Å²) in [4.78, 5) is 28.0. The Morgan fingerprint density at radius 3 is 2.52 bits per heavy atom. The number of amides is 2. The van der Waals surface area contributed by atoms with Crippen LogP contribution in [0.5, 0.6) is 0 Å². The van der Waals surface area contributed by atoms with Gasteiger partial charge in [0, 0.05) is 18.8 Å². The van der Waals surface area contributed by atoms with E-state index in [0.29, 0.717) is 17.6 Å². The molecule has 0 aromatic heterocycles. The Balaban J connectivity index is 1.74. The summed E-state index contributed by atoms with van der Waals surface area (Å²) in [6.07, 6.45) is 5.59. The van der Waals surface area contributed by atoms with Crippen LogP contribution >= 0.6 is 11.8 Å². The average Bonchev–Trinajstić information content (AvgIpc) is 3.37. The van der Waals surface area contributed by atoms with Crippen LogP contribution in [-0.4, -0.2) is 57.2 Å². The minimum Gasteiger partial charge on any atom is -0.480 e. The van der Waals surface area contributed by atoms with Crippen LogP contribution in [0.2, 0.25) is 0 Å². The molecule has 2 unspecified atom stereocenters. The number of hydrogen-bond acceptors (Lipinski definition) is 3. The van der Waals surface area contributed by atoms with Crippen molar-refractivity contribution < 1.29 is 14.7 Å². The quantitative estimate of drug-likeness (QED) is 0.818. The molecule has 5 nitrogen and oxygen atoms in total. The summed E-state index contributed by atoms with van der Waals surface area (Å²) in [7, 11) is 0. The lowest BCUT2D eigenvalue weighted by Gasteiger charge is -2.33. The zero-order valence-corrected chi connectivity index (χ0v) is 13.3. The Labute approximate surface area is 130 Å². The molecule has 1 N–H and O–H groups in total. The molecule has 2 atom stereocenters. The van der Waals surface area contributed by atoms with Crippen molar-refractivity contribution in [3.8, 4) is 0 Å². The fourth-order valence-electron chi connectivity index (χ4n) is 3.02. The van der Waals surface area contributed by atoms with Crippen molar-refractivity contribution in [2.24, 2.45) is 11.8 Å². The van der Waals surface area contributed by atoms with Gasteiger partial charge in [-0.1, -0.05) is 6.92 Å². The number of nitrogens with zero attached hydrogens (tertiary/aromatic N) is 2. The molecule has 1 aliphatic heterocycles. The number of rotatable bonds is 6. The molecule has 0 radical (unpaired) electrons. The SMILES string of the molecule is CCCN(CC1CC1)C(=O)N1C(C(=O)O)CSC1C1CC1. The van der Waals surface area contributed by atoms with Gasteiger partial charge in [-0.2, -0.15) is 0 Å². The molecule has 21 heavy (non-hydrogen) atoms. The maximum absolute atomic E-state index is 12.9. The summed E-state index contributed by atoms with van der Waals surface area (Å²) in [6.45, 7) is 3.61. The minimum atomic E-state index is -0.859. The van der Waals surface area contributed by atoms with Crippen molar-refractivity contribution in [1.29, 1.82) is 0 Å².